The van der Waals surface area contributed by atoms with E-state index in [-0.39, 0.29) is 5.92 Å². The molecule has 6 nitrogen and oxygen atoms in total. The molecule has 5 heterocycles. The minimum absolute atomic E-state index is 0.0302. The van der Waals surface area contributed by atoms with Gasteiger partial charge in [-0.15, -0.1) is 12.3 Å². The van der Waals surface area contributed by atoms with E-state index in [2.05, 4.69) is 156 Å². The molecule has 0 amide bonds. The predicted octanol–water partition coefficient (Wildman–Crippen LogP) is 14.5. The number of allylic oxidation sites excluding steroid dienone is 16. The second-order valence-corrected chi connectivity index (χ2v) is 15.3. The molecule has 0 saturated heterocycles. The number of hydrogen-bond donors (Lipinski definition) is 1. The van der Waals surface area contributed by atoms with E-state index in [0.29, 0.717) is 5.70 Å². The summed E-state index contributed by atoms with van der Waals surface area (Å²) in [6.07, 6.45) is 35.5. The summed E-state index contributed by atoms with van der Waals surface area (Å²) in [7, 11) is 0. The van der Waals surface area contributed by atoms with Crippen molar-refractivity contribution in [3.63, 3.8) is 0 Å². The van der Waals surface area contributed by atoms with Gasteiger partial charge in [0.25, 0.3) is 0 Å². The molecule has 0 radical (unpaired) electrons. The normalized spacial score (nSPS) is 14.8. The fourth-order valence-corrected chi connectivity index (χ4v) is 8.33. The Kier molecular flexibility index (Phi) is 13.7. The van der Waals surface area contributed by atoms with Crippen LogP contribution in [0.1, 0.15) is 29.7 Å². The van der Waals surface area contributed by atoms with Crippen molar-refractivity contribution >= 4 is 44.6 Å². The molecule has 2 aliphatic carbocycles. The van der Waals surface area contributed by atoms with Crippen LogP contribution in [0, 0.1) is 0 Å². The Morgan fingerprint density at radius 1 is 0.682 bits per heavy atom. The number of nitrogens with zero attached hydrogens (tertiary/aromatic N) is 5. The van der Waals surface area contributed by atoms with E-state index in [4.69, 9.17) is 15.7 Å². The quantitative estimate of drug-likeness (QED) is 0.0889. The molecule has 1 unspecified atom stereocenters. The van der Waals surface area contributed by atoms with E-state index in [1.165, 1.54) is 0 Å². The number of hydrogen-bond acceptors (Lipinski definition) is 5. The third-order valence-electron chi connectivity index (χ3n) is 11.1. The van der Waals surface area contributed by atoms with E-state index in [0.717, 1.165) is 89.5 Å². The molecule has 1 atom stereocenters. The van der Waals surface area contributed by atoms with Gasteiger partial charge in [0.1, 0.15) is 0 Å². The Balaban J connectivity index is 0.000000794. The van der Waals surface area contributed by atoms with Crippen LogP contribution < -0.4 is 10.6 Å². The number of aromatic nitrogens is 4. The first-order chi connectivity index (χ1) is 32.5. The van der Waals surface area contributed by atoms with Crippen LogP contribution in [0.4, 0.5) is 5.69 Å². The van der Waals surface area contributed by atoms with Crippen LogP contribution >= 0.6 is 0 Å². The van der Waals surface area contributed by atoms with Crippen molar-refractivity contribution in [2.45, 2.75) is 12.8 Å². The van der Waals surface area contributed by atoms with Gasteiger partial charge in [0, 0.05) is 64.2 Å². The zero-order chi connectivity index (χ0) is 45.8. The molecule has 0 spiro atoms. The lowest BCUT2D eigenvalue weighted by atomic mass is 9.92. The molecular weight excluding hydrogens is 805 g/mol. The highest BCUT2D eigenvalue weighted by Gasteiger charge is 2.30. The van der Waals surface area contributed by atoms with Crippen molar-refractivity contribution in [2.24, 2.45) is 5.73 Å². The Labute approximate surface area is 387 Å². The van der Waals surface area contributed by atoms with Gasteiger partial charge in [0.05, 0.1) is 39.3 Å². The van der Waals surface area contributed by atoms with Crippen LogP contribution in [0.25, 0.3) is 61.3 Å². The first-order valence-electron chi connectivity index (χ1n) is 21.8. The monoisotopic (exact) mass is 854 g/mol. The van der Waals surface area contributed by atoms with E-state index < -0.39 is 0 Å². The van der Waals surface area contributed by atoms with Crippen molar-refractivity contribution in [1.82, 2.24) is 19.5 Å². The molecule has 1 aliphatic heterocycles. The summed E-state index contributed by atoms with van der Waals surface area (Å²) in [6, 6.07) is 37.6. The molecule has 3 aliphatic rings. The van der Waals surface area contributed by atoms with Gasteiger partial charge >= 0.3 is 0 Å². The van der Waals surface area contributed by atoms with Crippen LogP contribution in [0.3, 0.4) is 0 Å². The Morgan fingerprint density at radius 2 is 1.42 bits per heavy atom. The molecule has 7 aromatic rings. The summed E-state index contributed by atoms with van der Waals surface area (Å²) < 4.78 is 2.29. The average Bonchev–Trinajstić information content (AvgIpc) is 3.48. The molecule has 3 aromatic carbocycles. The SMILES string of the molecule is C=C/C=C\C=C(/N)c1ccccc1-c1ccc2c(c1)c1ncccc1n2C1=CC=C=CC(N2C3=CC(C=C(c4ccccc4-c4ccccn4)C=C3)c3ncccc32)=C1.C=CC.C=CC=C. The average molecular weight is 855 g/mol. The van der Waals surface area contributed by atoms with Gasteiger partial charge in [-0.05, 0) is 114 Å². The molecule has 10 rings (SSSR count). The van der Waals surface area contributed by atoms with E-state index in [9.17, 15) is 0 Å². The van der Waals surface area contributed by atoms with Crippen LogP contribution in [0.15, 0.2) is 262 Å². The van der Waals surface area contributed by atoms with Crippen molar-refractivity contribution in [2.75, 3.05) is 4.90 Å². The summed E-state index contributed by atoms with van der Waals surface area (Å²) in [5, 5.41) is 1.05. The Bertz CT molecular complexity index is 3280. The van der Waals surface area contributed by atoms with Gasteiger partial charge in [-0.2, -0.15) is 0 Å². The number of rotatable bonds is 9. The number of anilines is 1. The first kappa shape index (κ1) is 43.8. The number of fused-ring (bicyclic) bond motifs is 6. The summed E-state index contributed by atoms with van der Waals surface area (Å²) in [5.74, 6) is -0.0302. The van der Waals surface area contributed by atoms with Crippen molar-refractivity contribution in [3.8, 4) is 22.4 Å². The lowest BCUT2D eigenvalue weighted by molar-refractivity contribution is 0.923. The fourth-order valence-electron chi connectivity index (χ4n) is 8.33. The maximum absolute atomic E-state index is 6.61. The summed E-state index contributed by atoms with van der Waals surface area (Å²) in [6.45, 7) is 15.7. The van der Waals surface area contributed by atoms with Gasteiger partial charge < -0.3 is 15.2 Å². The molecule has 2 N–H and O–H groups in total. The first-order valence-corrected chi connectivity index (χ1v) is 21.8. The van der Waals surface area contributed by atoms with E-state index in [1.54, 1.807) is 24.3 Å². The highest BCUT2D eigenvalue weighted by molar-refractivity contribution is 6.10. The highest BCUT2D eigenvalue weighted by atomic mass is 15.2. The molecule has 6 heteroatoms. The second-order valence-electron chi connectivity index (χ2n) is 15.3. The van der Waals surface area contributed by atoms with Gasteiger partial charge in [-0.25, -0.2) is 0 Å². The van der Waals surface area contributed by atoms with Crippen LogP contribution in [-0.2, 0) is 0 Å². The van der Waals surface area contributed by atoms with E-state index in [1.807, 2.05) is 92.3 Å². The van der Waals surface area contributed by atoms with Gasteiger partial charge in [-0.3, -0.25) is 15.0 Å². The lowest BCUT2D eigenvalue weighted by Gasteiger charge is -2.33. The fraction of sp³-hybridized carbons (Fsp3) is 0.0333. The third-order valence-corrected chi connectivity index (χ3v) is 11.1. The second kappa shape index (κ2) is 20.6. The van der Waals surface area contributed by atoms with Crippen LogP contribution in [-0.4, -0.2) is 19.5 Å². The molecule has 2 bridgehead atoms. The number of pyridine rings is 3. The van der Waals surface area contributed by atoms with Gasteiger partial charge in [0.15, 0.2) is 0 Å². The molecule has 4 aromatic heterocycles. The maximum Gasteiger partial charge on any atom is 0.0963 e. The molecule has 320 valence electrons. The smallest absolute Gasteiger partial charge is 0.0963 e. The van der Waals surface area contributed by atoms with Crippen molar-refractivity contribution < 1.29 is 0 Å². The van der Waals surface area contributed by atoms with Crippen LogP contribution in [0.2, 0.25) is 0 Å². The molecule has 66 heavy (non-hydrogen) atoms. The number of benzene rings is 3. The minimum atomic E-state index is -0.0302. The van der Waals surface area contributed by atoms with E-state index >= 15 is 0 Å². The van der Waals surface area contributed by atoms with Gasteiger partial charge in [0.2, 0.25) is 0 Å². The largest absolute Gasteiger partial charge is 0.398 e. The Hall–Kier alpha value is -8.83. The lowest BCUT2D eigenvalue weighted by Crippen LogP contribution is -2.26. The topological polar surface area (TPSA) is 72.9 Å². The number of nitrogens with two attached hydrogens (primary N) is 1. The Morgan fingerprint density at radius 3 is 2.21 bits per heavy atom. The molecular formula is C60H50N6. The third kappa shape index (κ3) is 8.99. The molecule has 0 fully saturated rings. The zero-order valence-corrected chi connectivity index (χ0v) is 37.0. The zero-order valence-electron chi connectivity index (χ0n) is 37.0. The van der Waals surface area contributed by atoms with Crippen LogP contribution in [0.5, 0.6) is 0 Å². The van der Waals surface area contributed by atoms with Gasteiger partial charge in [-0.1, -0.05) is 129 Å². The summed E-state index contributed by atoms with van der Waals surface area (Å²) in [4.78, 5) is 16.9. The summed E-state index contributed by atoms with van der Waals surface area (Å²) >= 11 is 0. The predicted molar refractivity (Wildman–Crippen MR) is 280 cm³/mol. The standard InChI is InChI=1S/C53H38N6.C4H6.C3H6/c1-2-3-4-21-47(54)44-19-9-7-17-42(44)37-26-28-49-46(34-37)53-51(24-14-31-57-53)59(49)40-16-6-5-15-39(35-40)58-41-27-25-36(32-38(33-41)52-50(58)23-13-30-56-52)43-18-8-10-20-45(43)48-22-11-12-29-55-48;1-3-4-2;1-3-2/h2-4,6-35,38H,1,54H2;3-4H,1-2H2;3H,1H2,2H3/b4-3-,47-21-;;. The molecule has 0 saturated carbocycles. The minimum Gasteiger partial charge on any atom is -0.398 e. The maximum atomic E-state index is 6.61. The van der Waals surface area contributed by atoms with Crippen molar-refractivity contribution in [3.05, 3.63) is 279 Å². The van der Waals surface area contributed by atoms with Crippen molar-refractivity contribution in [1.29, 1.82) is 0 Å². The summed E-state index contributed by atoms with van der Waals surface area (Å²) in [5.41, 5.74) is 26.1. The highest BCUT2D eigenvalue weighted by Crippen LogP contribution is 2.44.